The fraction of sp³-hybridized carbons (Fsp3) is 0.656. The van der Waals surface area contributed by atoms with Gasteiger partial charge in [0.25, 0.3) is 0 Å². The van der Waals surface area contributed by atoms with Crippen LogP contribution in [0.4, 0.5) is 0 Å². The molecule has 7 nitrogen and oxygen atoms in total. The number of ketones is 1. The zero-order chi connectivity index (χ0) is 28.9. The molecule has 0 unspecified atom stereocenters. The van der Waals surface area contributed by atoms with Crippen LogP contribution in [0.15, 0.2) is 36.4 Å². The summed E-state index contributed by atoms with van der Waals surface area (Å²) >= 11 is 0. The minimum atomic E-state index is -2.21. The number of allylic oxidation sites excluding steroid dienone is 1. The number of unbranched alkanes of at least 4 members (excludes halogenated alkanes) is 8. The summed E-state index contributed by atoms with van der Waals surface area (Å²) in [5.74, 6) is -2.00. The SMILES string of the molecule is CCCCCCCC(=O)CCCCCC/C=C/[C@H](C(=O)NCCc1ccc(OCCC)cc1)[C@](C)(O)C(=O)O. The highest BCUT2D eigenvalue weighted by Crippen LogP contribution is 2.21. The molecule has 0 fully saturated rings. The standard InChI is InChI=1S/C32H51NO6/c1-4-6-7-10-13-16-27(34)17-14-11-8-9-12-15-18-29(32(3,38)31(36)37)30(35)33-24-23-26-19-21-28(22-20-26)39-25-5-2/h15,18-22,29,38H,4-14,16-17,23-25H2,1-3H3,(H,33,35)(H,36,37)/b18-15+/t29-,32+/m1/s1. The summed E-state index contributed by atoms with van der Waals surface area (Å²) in [4.78, 5) is 36.4. The molecule has 0 radical (unpaired) electrons. The van der Waals surface area contributed by atoms with E-state index in [2.05, 4.69) is 12.2 Å². The Hall–Kier alpha value is -2.67. The second-order valence-corrected chi connectivity index (χ2v) is 10.5. The van der Waals surface area contributed by atoms with Gasteiger partial charge in [0, 0.05) is 19.4 Å². The van der Waals surface area contributed by atoms with Gasteiger partial charge in [-0.2, -0.15) is 0 Å². The van der Waals surface area contributed by atoms with Gasteiger partial charge in [0.15, 0.2) is 5.60 Å². The van der Waals surface area contributed by atoms with E-state index >= 15 is 0 Å². The number of ether oxygens (including phenoxy) is 1. The van der Waals surface area contributed by atoms with Gasteiger partial charge in [-0.05, 0) is 63.1 Å². The Balaban J connectivity index is 2.40. The van der Waals surface area contributed by atoms with Crippen molar-refractivity contribution in [1.82, 2.24) is 5.32 Å². The van der Waals surface area contributed by atoms with Crippen LogP contribution < -0.4 is 10.1 Å². The van der Waals surface area contributed by atoms with Crippen molar-refractivity contribution in [2.75, 3.05) is 13.2 Å². The average Bonchev–Trinajstić information content (AvgIpc) is 2.91. The Morgan fingerprint density at radius 2 is 1.54 bits per heavy atom. The number of aliphatic hydroxyl groups is 1. The zero-order valence-electron chi connectivity index (χ0n) is 24.4. The van der Waals surface area contributed by atoms with Crippen molar-refractivity contribution in [2.45, 2.75) is 116 Å². The van der Waals surface area contributed by atoms with E-state index in [0.29, 0.717) is 44.6 Å². The van der Waals surface area contributed by atoms with E-state index in [1.54, 1.807) is 6.08 Å². The van der Waals surface area contributed by atoms with Crippen LogP contribution in [0.5, 0.6) is 5.75 Å². The predicted octanol–water partition coefficient (Wildman–Crippen LogP) is 6.41. The number of aliphatic carboxylic acids is 1. The molecule has 1 amide bonds. The number of nitrogens with one attached hydrogen (secondary N) is 1. The van der Waals surface area contributed by atoms with Gasteiger partial charge in [0.2, 0.25) is 5.91 Å². The molecular weight excluding hydrogens is 494 g/mol. The molecule has 0 aliphatic carbocycles. The molecule has 220 valence electrons. The third-order valence-corrected chi connectivity index (χ3v) is 6.89. The maximum atomic E-state index is 12.8. The Morgan fingerprint density at radius 3 is 2.13 bits per heavy atom. The maximum Gasteiger partial charge on any atom is 0.336 e. The van der Waals surface area contributed by atoms with Crippen LogP contribution in [0.2, 0.25) is 0 Å². The molecule has 0 aliphatic heterocycles. The zero-order valence-corrected chi connectivity index (χ0v) is 24.4. The molecule has 3 N–H and O–H groups in total. The predicted molar refractivity (Wildman–Crippen MR) is 156 cm³/mol. The molecule has 39 heavy (non-hydrogen) atoms. The minimum absolute atomic E-state index is 0.325. The van der Waals surface area contributed by atoms with Gasteiger partial charge in [-0.1, -0.05) is 76.7 Å². The van der Waals surface area contributed by atoms with Gasteiger partial charge in [0.05, 0.1) is 12.5 Å². The summed E-state index contributed by atoms with van der Waals surface area (Å²) in [6.45, 7) is 6.37. The highest BCUT2D eigenvalue weighted by atomic mass is 16.5. The molecule has 0 aliphatic rings. The number of amides is 1. The van der Waals surface area contributed by atoms with E-state index in [0.717, 1.165) is 63.2 Å². The van der Waals surface area contributed by atoms with E-state index in [1.165, 1.54) is 25.3 Å². The number of carboxylic acids is 1. The fourth-order valence-electron chi connectivity index (χ4n) is 4.30. The van der Waals surface area contributed by atoms with Crippen molar-refractivity contribution in [2.24, 2.45) is 5.92 Å². The van der Waals surface area contributed by atoms with Crippen LogP contribution in [0.1, 0.15) is 110 Å². The smallest absolute Gasteiger partial charge is 0.336 e. The topological polar surface area (TPSA) is 113 Å². The van der Waals surface area contributed by atoms with Crippen molar-refractivity contribution >= 4 is 17.7 Å². The first kappa shape index (κ1) is 34.4. The third kappa shape index (κ3) is 14.9. The van der Waals surface area contributed by atoms with E-state index < -0.39 is 23.4 Å². The number of carbonyl (C=O) groups excluding carboxylic acids is 2. The van der Waals surface area contributed by atoms with Crippen molar-refractivity contribution in [3.05, 3.63) is 42.0 Å². The quantitative estimate of drug-likeness (QED) is 0.108. The highest BCUT2D eigenvalue weighted by molar-refractivity contribution is 5.90. The molecule has 1 aromatic carbocycles. The van der Waals surface area contributed by atoms with Crippen LogP contribution in [-0.4, -0.2) is 46.6 Å². The van der Waals surface area contributed by atoms with Crippen molar-refractivity contribution in [3.8, 4) is 5.75 Å². The Labute approximate surface area is 235 Å². The van der Waals surface area contributed by atoms with E-state index in [1.807, 2.05) is 31.2 Å². The molecule has 1 aromatic rings. The lowest BCUT2D eigenvalue weighted by Crippen LogP contribution is -2.49. The molecule has 2 atom stereocenters. The molecule has 0 saturated carbocycles. The molecular formula is C32H51NO6. The first-order valence-corrected chi connectivity index (χ1v) is 14.9. The number of benzene rings is 1. The van der Waals surface area contributed by atoms with Gasteiger partial charge < -0.3 is 20.3 Å². The van der Waals surface area contributed by atoms with Gasteiger partial charge in [-0.15, -0.1) is 0 Å². The number of rotatable bonds is 23. The summed E-state index contributed by atoms with van der Waals surface area (Å²) < 4.78 is 5.58. The lowest BCUT2D eigenvalue weighted by atomic mass is 9.87. The normalized spacial score (nSPS) is 13.6. The molecule has 1 rings (SSSR count). The van der Waals surface area contributed by atoms with Gasteiger partial charge >= 0.3 is 5.97 Å². The fourth-order valence-corrected chi connectivity index (χ4v) is 4.30. The van der Waals surface area contributed by atoms with Crippen molar-refractivity contribution < 1.29 is 29.3 Å². The largest absolute Gasteiger partial charge is 0.494 e. The second-order valence-electron chi connectivity index (χ2n) is 10.5. The van der Waals surface area contributed by atoms with Crippen LogP contribution in [-0.2, 0) is 20.8 Å². The monoisotopic (exact) mass is 545 g/mol. The highest BCUT2D eigenvalue weighted by Gasteiger charge is 2.42. The van der Waals surface area contributed by atoms with Crippen LogP contribution in [0.25, 0.3) is 0 Å². The van der Waals surface area contributed by atoms with Gasteiger partial charge in [-0.25, -0.2) is 4.79 Å². The Kier molecular flexibility index (Phi) is 17.9. The van der Waals surface area contributed by atoms with Crippen LogP contribution >= 0.6 is 0 Å². The number of carbonyl (C=O) groups is 3. The first-order valence-electron chi connectivity index (χ1n) is 14.9. The van der Waals surface area contributed by atoms with E-state index in [4.69, 9.17) is 4.74 Å². The molecule has 0 aromatic heterocycles. The molecule has 0 spiro atoms. The summed E-state index contributed by atoms with van der Waals surface area (Å²) in [5, 5.41) is 22.8. The van der Waals surface area contributed by atoms with Crippen molar-refractivity contribution in [3.63, 3.8) is 0 Å². The number of hydrogen-bond donors (Lipinski definition) is 3. The Bertz CT molecular complexity index is 862. The van der Waals surface area contributed by atoms with E-state index in [9.17, 15) is 24.6 Å². The molecule has 7 heteroatoms. The molecule has 0 heterocycles. The second kappa shape index (κ2) is 20.3. The summed E-state index contributed by atoms with van der Waals surface area (Å²) in [6.07, 6.45) is 16.3. The lowest BCUT2D eigenvalue weighted by molar-refractivity contribution is -0.163. The number of carboxylic acid groups (broad SMARTS) is 1. The lowest BCUT2D eigenvalue weighted by Gasteiger charge is -2.25. The number of Topliss-reactive ketones (excluding diaryl/α,β-unsaturated/α-hetero) is 1. The average molecular weight is 546 g/mol. The van der Waals surface area contributed by atoms with E-state index in [-0.39, 0.29) is 0 Å². The van der Waals surface area contributed by atoms with Crippen LogP contribution in [0, 0.1) is 5.92 Å². The van der Waals surface area contributed by atoms with Gasteiger partial charge in [-0.3, -0.25) is 9.59 Å². The minimum Gasteiger partial charge on any atom is -0.494 e. The molecule has 0 saturated heterocycles. The summed E-state index contributed by atoms with van der Waals surface area (Å²) in [6, 6.07) is 7.65. The molecule has 0 bridgehead atoms. The summed E-state index contributed by atoms with van der Waals surface area (Å²) in [5.41, 5.74) is -1.19. The number of hydrogen-bond acceptors (Lipinski definition) is 5. The van der Waals surface area contributed by atoms with Crippen molar-refractivity contribution in [1.29, 1.82) is 0 Å². The first-order chi connectivity index (χ1) is 18.7. The van der Waals surface area contributed by atoms with Gasteiger partial charge in [0.1, 0.15) is 11.5 Å². The third-order valence-electron chi connectivity index (χ3n) is 6.89. The Morgan fingerprint density at radius 1 is 0.923 bits per heavy atom. The summed E-state index contributed by atoms with van der Waals surface area (Å²) in [7, 11) is 0. The maximum absolute atomic E-state index is 12.8. The van der Waals surface area contributed by atoms with Crippen LogP contribution in [0.3, 0.4) is 0 Å².